The maximum Gasteiger partial charge on any atom is 0.286 e. The van der Waals surface area contributed by atoms with Gasteiger partial charge in [0, 0.05) is 5.92 Å². The van der Waals surface area contributed by atoms with Gasteiger partial charge in [-0.1, -0.05) is 6.08 Å². The van der Waals surface area contributed by atoms with Crippen LogP contribution in [0.1, 0.15) is 12.8 Å². The van der Waals surface area contributed by atoms with Crippen molar-refractivity contribution in [1.29, 1.82) is 0 Å². The smallest absolute Gasteiger partial charge is 0.286 e. The van der Waals surface area contributed by atoms with Crippen molar-refractivity contribution in [3.63, 3.8) is 0 Å². The summed E-state index contributed by atoms with van der Waals surface area (Å²) < 4.78 is 5.49. The zero-order chi connectivity index (χ0) is 11.8. The summed E-state index contributed by atoms with van der Waals surface area (Å²) in [6.45, 7) is 0.804. The molecule has 2 N–H and O–H groups in total. The molecule has 0 bridgehead atoms. The number of nitrogens with two attached hydrogens (primary N) is 1. The molecule has 4 nitrogen and oxygen atoms in total. The number of nitrogens with zero attached hydrogens (tertiary/aromatic N) is 1. The Bertz CT molecular complexity index is 503. The van der Waals surface area contributed by atoms with E-state index in [0.29, 0.717) is 16.0 Å². The largest absolute Gasteiger partial charge is 0.498 e. The van der Waals surface area contributed by atoms with E-state index >= 15 is 0 Å². The number of amidine groups is 1. The number of amides is 1. The lowest BCUT2D eigenvalue weighted by Gasteiger charge is -2.14. The standard InChI is InChI=1S/C12H12N2O2S/c13-12-14-11(15)10(17-12)6-7-1-2-9-8(5-7)3-4-16-9/h1-2,6,8H,3-5H2,(H2,13,14,15)/b10-6-. The van der Waals surface area contributed by atoms with Crippen LogP contribution < -0.4 is 5.73 Å². The van der Waals surface area contributed by atoms with Gasteiger partial charge in [-0.05, 0) is 42.3 Å². The number of rotatable bonds is 1. The number of carbonyl (C=O) groups excluding carboxylic acids is 1. The molecule has 1 amide bonds. The van der Waals surface area contributed by atoms with Crippen LogP contribution >= 0.6 is 11.8 Å². The average Bonchev–Trinajstić information content (AvgIpc) is 2.85. The number of fused-ring (bicyclic) bond motifs is 1. The van der Waals surface area contributed by atoms with Gasteiger partial charge in [0.05, 0.1) is 17.3 Å². The first-order valence-corrected chi connectivity index (χ1v) is 6.35. The Morgan fingerprint density at radius 3 is 3.18 bits per heavy atom. The van der Waals surface area contributed by atoms with E-state index in [0.717, 1.165) is 30.8 Å². The SMILES string of the molecule is NC1=NC(=O)/C(=C/C2=CC=C3OCCC3C2)S1. The first kappa shape index (κ1) is 10.7. The Kier molecular flexibility index (Phi) is 2.55. The second-order valence-electron chi connectivity index (χ2n) is 4.21. The molecule has 1 fully saturated rings. The summed E-state index contributed by atoms with van der Waals surface area (Å²) in [7, 11) is 0. The molecule has 3 aliphatic rings. The molecule has 0 aromatic heterocycles. The Balaban J connectivity index is 1.80. The lowest BCUT2D eigenvalue weighted by atomic mass is 9.91. The molecule has 17 heavy (non-hydrogen) atoms. The minimum atomic E-state index is -0.231. The van der Waals surface area contributed by atoms with Crippen LogP contribution in [0.4, 0.5) is 0 Å². The maximum atomic E-state index is 11.5. The van der Waals surface area contributed by atoms with Crippen LogP contribution in [-0.2, 0) is 9.53 Å². The number of hydrogen-bond acceptors (Lipinski definition) is 4. The monoisotopic (exact) mass is 248 g/mol. The van der Waals surface area contributed by atoms with E-state index in [9.17, 15) is 4.79 Å². The van der Waals surface area contributed by atoms with Crippen LogP contribution in [0.3, 0.4) is 0 Å². The molecule has 88 valence electrons. The quantitative estimate of drug-likeness (QED) is 0.717. The molecule has 0 saturated carbocycles. The predicted molar refractivity (Wildman–Crippen MR) is 67.1 cm³/mol. The van der Waals surface area contributed by atoms with Gasteiger partial charge in [-0.25, -0.2) is 0 Å². The van der Waals surface area contributed by atoms with Gasteiger partial charge in [-0.3, -0.25) is 4.79 Å². The van der Waals surface area contributed by atoms with Gasteiger partial charge in [0.1, 0.15) is 0 Å². The number of hydrogen-bond donors (Lipinski definition) is 1. The zero-order valence-electron chi connectivity index (χ0n) is 9.18. The average molecular weight is 248 g/mol. The molecule has 1 unspecified atom stereocenters. The summed E-state index contributed by atoms with van der Waals surface area (Å²) in [6.07, 6.45) is 7.89. The van der Waals surface area contributed by atoms with Crippen molar-refractivity contribution in [1.82, 2.24) is 0 Å². The lowest BCUT2D eigenvalue weighted by molar-refractivity contribution is -0.113. The number of allylic oxidation sites excluding steroid dienone is 5. The number of carbonyl (C=O) groups is 1. The second-order valence-corrected chi connectivity index (χ2v) is 5.28. The topological polar surface area (TPSA) is 64.7 Å². The van der Waals surface area contributed by atoms with Crippen LogP contribution in [0.15, 0.2) is 39.5 Å². The highest BCUT2D eigenvalue weighted by Crippen LogP contribution is 2.35. The van der Waals surface area contributed by atoms with Crippen molar-refractivity contribution in [3.8, 4) is 0 Å². The van der Waals surface area contributed by atoms with Crippen LogP contribution in [0, 0.1) is 5.92 Å². The highest BCUT2D eigenvalue weighted by atomic mass is 32.2. The molecule has 3 rings (SSSR count). The van der Waals surface area contributed by atoms with Crippen LogP contribution in [0.2, 0.25) is 0 Å². The van der Waals surface area contributed by atoms with Gasteiger partial charge in [0.25, 0.3) is 5.91 Å². The van der Waals surface area contributed by atoms with E-state index < -0.39 is 0 Å². The molecule has 1 saturated heterocycles. The maximum absolute atomic E-state index is 11.5. The van der Waals surface area contributed by atoms with Crippen LogP contribution in [0.25, 0.3) is 0 Å². The minimum Gasteiger partial charge on any atom is -0.498 e. The molecule has 2 aliphatic heterocycles. The fourth-order valence-electron chi connectivity index (χ4n) is 2.21. The van der Waals surface area contributed by atoms with Crippen LogP contribution in [-0.4, -0.2) is 17.7 Å². The fourth-order valence-corrected chi connectivity index (χ4v) is 2.91. The summed E-state index contributed by atoms with van der Waals surface area (Å²) in [5, 5.41) is 0.332. The molecule has 2 heterocycles. The Labute approximate surface area is 103 Å². The third kappa shape index (κ3) is 2.02. The van der Waals surface area contributed by atoms with E-state index in [4.69, 9.17) is 10.5 Å². The van der Waals surface area contributed by atoms with E-state index in [1.54, 1.807) is 0 Å². The molecule has 1 aliphatic carbocycles. The summed E-state index contributed by atoms with van der Waals surface area (Å²) in [6, 6.07) is 0. The first-order valence-electron chi connectivity index (χ1n) is 5.54. The van der Waals surface area contributed by atoms with E-state index in [2.05, 4.69) is 4.99 Å². The van der Waals surface area contributed by atoms with E-state index in [1.807, 2.05) is 18.2 Å². The molecule has 0 spiro atoms. The summed E-state index contributed by atoms with van der Waals surface area (Å²) >= 11 is 1.24. The summed E-state index contributed by atoms with van der Waals surface area (Å²) in [5.41, 5.74) is 6.65. The van der Waals surface area contributed by atoms with Crippen LogP contribution in [0.5, 0.6) is 0 Å². The Morgan fingerprint density at radius 1 is 1.53 bits per heavy atom. The van der Waals surface area contributed by atoms with Crippen molar-refractivity contribution in [2.24, 2.45) is 16.6 Å². The molecule has 0 radical (unpaired) electrons. The van der Waals surface area contributed by atoms with E-state index in [1.165, 1.54) is 11.8 Å². The molecule has 0 aromatic rings. The second kappa shape index (κ2) is 4.07. The van der Waals surface area contributed by atoms with Gasteiger partial charge in [0.15, 0.2) is 5.17 Å². The highest BCUT2D eigenvalue weighted by molar-refractivity contribution is 8.18. The third-order valence-corrected chi connectivity index (χ3v) is 3.85. The van der Waals surface area contributed by atoms with Crippen molar-refractivity contribution >= 4 is 22.8 Å². The Hall–Kier alpha value is -1.49. The number of aliphatic imine (C=N–C) groups is 1. The third-order valence-electron chi connectivity index (χ3n) is 3.03. The number of thioether (sulfide) groups is 1. The molecular weight excluding hydrogens is 236 g/mol. The summed E-state index contributed by atoms with van der Waals surface area (Å²) in [4.78, 5) is 15.8. The molecule has 1 atom stereocenters. The summed E-state index contributed by atoms with van der Waals surface area (Å²) in [5.74, 6) is 1.32. The van der Waals surface area contributed by atoms with Gasteiger partial charge in [-0.2, -0.15) is 4.99 Å². The van der Waals surface area contributed by atoms with Gasteiger partial charge >= 0.3 is 0 Å². The molecule has 0 aromatic carbocycles. The zero-order valence-corrected chi connectivity index (χ0v) is 10.00. The van der Waals surface area contributed by atoms with Crippen molar-refractivity contribution in [3.05, 3.63) is 34.5 Å². The van der Waals surface area contributed by atoms with Crippen molar-refractivity contribution in [2.75, 3.05) is 6.61 Å². The van der Waals surface area contributed by atoms with E-state index in [-0.39, 0.29) is 5.91 Å². The van der Waals surface area contributed by atoms with Gasteiger partial charge in [-0.15, -0.1) is 0 Å². The number of ether oxygens (including phenoxy) is 1. The highest BCUT2D eigenvalue weighted by Gasteiger charge is 2.26. The molecular formula is C12H12N2O2S. The molecule has 5 heteroatoms. The predicted octanol–water partition coefficient (Wildman–Crippen LogP) is 1.71. The lowest BCUT2D eigenvalue weighted by Crippen LogP contribution is -2.03. The normalized spacial score (nSPS) is 29.6. The van der Waals surface area contributed by atoms with Gasteiger partial charge < -0.3 is 10.5 Å². The fraction of sp³-hybridized carbons (Fsp3) is 0.333. The first-order chi connectivity index (χ1) is 8.22. The minimum absolute atomic E-state index is 0.231. The van der Waals surface area contributed by atoms with Crippen molar-refractivity contribution in [2.45, 2.75) is 12.8 Å². The van der Waals surface area contributed by atoms with Crippen molar-refractivity contribution < 1.29 is 9.53 Å². The van der Waals surface area contributed by atoms with Gasteiger partial charge in [0.2, 0.25) is 0 Å². The Morgan fingerprint density at radius 2 is 2.41 bits per heavy atom.